The maximum atomic E-state index is 12.1. The van der Waals surface area contributed by atoms with Gasteiger partial charge in [-0.15, -0.1) is 0 Å². The van der Waals surface area contributed by atoms with Crippen molar-refractivity contribution in [2.24, 2.45) is 11.8 Å². The smallest absolute Gasteiger partial charge is 0.223 e. The Balaban J connectivity index is 1.89. The molecule has 1 saturated heterocycles. The van der Waals surface area contributed by atoms with Crippen molar-refractivity contribution in [1.82, 2.24) is 10.6 Å². The fourth-order valence-electron chi connectivity index (χ4n) is 2.16. The Kier molecular flexibility index (Phi) is 5.18. The average molecular weight is 274 g/mol. The zero-order chi connectivity index (χ0) is 14.4. The summed E-state index contributed by atoms with van der Waals surface area (Å²) < 4.78 is 5.58. The van der Waals surface area contributed by atoms with Gasteiger partial charge >= 0.3 is 0 Å². The molecule has 2 N–H and O–H groups in total. The summed E-state index contributed by atoms with van der Waals surface area (Å²) in [6.07, 6.45) is 1.71. The van der Waals surface area contributed by atoms with E-state index in [0.29, 0.717) is 19.1 Å². The molecule has 0 aliphatic carbocycles. The molecule has 4 nitrogen and oxygen atoms in total. The third kappa shape index (κ3) is 3.61. The van der Waals surface area contributed by atoms with Gasteiger partial charge in [0, 0.05) is 18.0 Å². The van der Waals surface area contributed by atoms with Crippen molar-refractivity contribution >= 4 is 5.91 Å². The molecule has 4 heteroatoms. The summed E-state index contributed by atoms with van der Waals surface area (Å²) in [6.45, 7) is 8.46. The Hall–Kier alpha value is -1.81. The maximum Gasteiger partial charge on any atom is 0.223 e. The first kappa shape index (κ1) is 14.6. The predicted molar refractivity (Wildman–Crippen MR) is 79.5 cm³/mol. The molecule has 1 aromatic rings. The molecule has 1 unspecified atom stereocenters. The topological polar surface area (TPSA) is 50.4 Å². The highest BCUT2D eigenvalue weighted by molar-refractivity contribution is 5.78. The van der Waals surface area contributed by atoms with Crippen LogP contribution in [0.15, 0.2) is 36.9 Å². The van der Waals surface area contributed by atoms with Gasteiger partial charge in [0.2, 0.25) is 5.91 Å². The first-order valence-electron chi connectivity index (χ1n) is 7.02. The van der Waals surface area contributed by atoms with Gasteiger partial charge in [0.15, 0.2) is 0 Å². The molecule has 1 aromatic carbocycles. The van der Waals surface area contributed by atoms with Crippen LogP contribution < -0.4 is 15.4 Å². The highest BCUT2D eigenvalue weighted by atomic mass is 16.5. The number of benzene rings is 1. The van der Waals surface area contributed by atoms with E-state index in [4.69, 9.17) is 4.74 Å². The van der Waals surface area contributed by atoms with E-state index in [0.717, 1.165) is 24.4 Å². The van der Waals surface area contributed by atoms with Crippen LogP contribution in [0.25, 0.3) is 0 Å². The summed E-state index contributed by atoms with van der Waals surface area (Å²) in [5.41, 5.74) is 0.988. The van der Waals surface area contributed by atoms with E-state index in [1.807, 2.05) is 31.2 Å². The van der Waals surface area contributed by atoms with Gasteiger partial charge in [0.1, 0.15) is 12.4 Å². The molecule has 1 fully saturated rings. The van der Waals surface area contributed by atoms with Crippen LogP contribution >= 0.6 is 0 Å². The van der Waals surface area contributed by atoms with Gasteiger partial charge in [-0.25, -0.2) is 0 Å². The Bertz CT molecular complexity index is 469. The third-order valence-corrected chi connectivity index (χ3v) is 3.72. The molecule has 0 radical (unpaired) electrons. The van der Waals surface area contributed by atoms with Crippen molar-refractivity contribution in [1.29, 1.82) is 0 Å². The van der Waals surface area contributed by atoms with Gasteiger partial charge in [-0.2, -0.15) is 0 Å². The number of amides is 1. The van der Waals surface area contributed by atoms with Gasteiger partial charge < -0.3 is 15.4 Å². The van der Waals surface area contributed by atoms with Crippen LogP contribution in [0.5, 0.6) is 5.75 Å². The van der Waals surface area contributed by atoms with Crippen LogP contribution in [0, 0.1) is 11.8 Å². The van der Waals surface area contributed by atoms with E-state index >= 15 is 0 Å². The largest absolute Gasteiger partial charge is 0.489 e. The zero-order valence-corrected chi connectivity index (χ0v) is 11.9. The summed E-state index contributed by atoms with van der Waals surface area (Å²) in [7, 11) is 0. The Labute approximate surface area is 120 Å². The lowest BCUT2D eigenvalue weighted by Gasteiger charge is -2.31. The second kappa shape index (κ2) is 7.10. The highest BCUT2D eigenvalue weighted by Crippen LogP contribution is 2.19. The van der Waals surface area contributed by atoms with Gasteiger partial charge in [0.25, 0.3) is 0 Å². The fourth-order valence-corrected chi connectivity index (χ4v) is 2.16. The highest BCUT2D eigenvalue weighted by Gasteiger charge is 2.28. The van der Waals surface area contributed by atoms with Gasteiger partial charge in [-0.3, -0.25) is 4.79 Å². The van der Waals surface area contributed by atoms with E-state index in [-0.39, 0.29) is 11.8 Å². The Morgan fingerprint density at radius 2 is 2.30 bits per heavy atom. The maximum absolute atomic E-state index is 12.1. The predicted octanol–water partition coefficient (Wildman–Crippen LogP) is 1.72. The molecule has 0 saturated carbocycles. The number of hydrogen-bond donors (Lipinski definition) is 2. The SMILES string of the molecule is C=CCOc1ccccc1CNC(=O)C(C)C1CNC1. The molecular weight excluding hydrogens is 252 g/mol. The molecule has 1 amide bonds. The molecule has 0 spiro atoms. The molecule has 20 heavy (non-hydrogen) atoms. The van der Waals surface area contributed by atoms with Gasteiger partial charge in [0.05, 0.1) is 0 Å². The van der Waals surface area contributed by atoms with Gasteiger partial charge in [-0.05, 0) is 25.1 Å². The van der Waals surface area contributed by atoms with Crippen LogP contribution in [0.2, 0.25) is 0 Å². The number of nitrogens with one attached hydrogen (secondary N) is 2. The minimum Gasteiger partial charge on any atom is -0.489 e. The van der Waals surface area contributed by atoms with Crippen LogP contribution in [-0.2, 0) is 11.3 Å². The van der Waals surface area contributed by atoms with Gasteiger partial charge in [-0.1, -0.05) is 37.8 Å². The number of ether oxygens (including phenoxy) is 1. The minimum atomic E-state index is 0.0532. The molecule has 108 valence electrons. The summed E-state index contributed by atoms with van der Waals surface area (Å²) >= 11 is 0. The van der Waals surface area contributed by atoms with E-state index in [2.05, 4.69) is 17.2 Å². The lowest BCUT2D eigenvalue weighted by molar-refractivity contribution is -0.126. The van der Waals surface area contributed by atoms with E-state index in [9.17, 15) is 4.79 Å². The standard InChI is InChI=1S/C16H22N2O2/c1-3-8-20-15-7-5-4-6-13(15)11-18-16(19)12(2)14-9-17-10-14/h3-7,12,14,17H,1,8-11H2,2H3,(H,18,19). The average Bonchev–Trinajstić information content (AvgIpc) is 2.41. The van der Waals surface area contributed by atoms with Crippen molar-refractivity contribution in [3.63, 3.8) is 0 Å². The van der Waals surface area contributed by atoms with Crippen molar-refractivity contribution < 1.29 is 9.53 Å². The van der Waals surface area contributed by atoms with Crippen LogP contribution in [0.4, 0.5) is 0 Å². The molecular formula is C16H22N2O2. The molecule has 1 atom stereocenters. The molecule has 1 heterocycles. The van der Waals surface area contributed by atoms with E-state index in [1.165, 1.54) is 0 Å². The Morgan fingerprint density at radius 1 is 1.55 bits per heavy atom. The van der Waals surface area contributed by atoms with E-state index < -0.39 is 0 Å². The van der Waals surface area contributed by atoms with Crippen molar-refractivity contribution in [3.05, 3.63) is 42.5 Å². The quantitative estimate of drug-likeness (QED) is 0.744. The summed E-state index contributed by atoms with van der Waals surface area (Å²) in [5.74, 6) is 1.42. The molecule has 1 aliphatic heterocycles. The van der Waals surface area contributed by atoms with E-state index in [1.54, 1.807) is 6.08 Å². The Morgan fingerprint density at radius 3 is 2.95 bits per heavy atom. The van der Waals surface area contributed by atoms with Crippen molar-refractivity contribution in [3.8, 4) is 5.75 Å². The van der Waals surface area contributed by atoms with Crippen molar-refractivity contribution in [2.75, 3.05) is 19.7 Å². The number of carbonyl (C=O) groups is 1. The molecule has 1 aliphatic rings. The minimum absolute atomic E-state index is 0.0532. The lowest BCUT2D eigenvalue weighted by atomic mass is 9.88. The summed E-state index contributed by atoms with van der Waals surface area (Å²) in [4.78, 5) is 12.1. The number of rotatable bonds is 7. The summed E-state index contributed by atoms with van der Waals surface area (Å²) in [6, 6.07) is 7.74. The molecule has 0 bridgehead atoms. The zero-order valence-electron chi connectivity index (χ0n) is 11.9. The second-order valence-electron chi connectivity index (χ2n) is 5.13. The first-order chi connectivity index (χ1) is 9.72. The normalized spacial score (nSPS) is 16.1. The fraction of sp³-hybridized carbons (Fsp3) is 0.438. The third-order valence-electron chi connectivity index (χ3n) is 3.72. The molecule has 2 rings (SSSR count). The number of hydrogen-bond acceptors (Lipinski definition) is 3. The number of carbonyl (C=O) groups excluding carboxylic acids is 1. The van der Waals surface area contributed by atoms with Crippen molar-refractivity contribution in [2.45, 2.75) is 13.5 Å². The first-order valence-corrected chi connectivity index (χ1v) is 7.02. The molecule has 0 aromatic heterocycles. The van der Waals surface area contributed by atoms with Crippen LogP contribution in [0.3, 0.4) is 0 Å². The van der Waals surface area contributed by atoms with Crippen LogP contribution in [0.1, 0.15) is 12.5 Å². The lowest BCUT2D eigenvalue weighted by Crippen LogP contribution is -2.49. The van der Waals surface area contributed by atoms with Crippen LogP contribution in [-0.4, -0.2) is 25.6 Å². The summed E-state index contributed by atoms with van der Waals surface area (Å²) in [5, 5.41) is 6.19. The second-order valence-corrected chi connectivity index (χ2v) is 5.13. The monoisotopic (exact) mass is 274 g/mol. The number of para-hydroxylation sites is 1.